The monoisotopic (exact) mass is 342 g/mol. The maximum absolute atomic E-state index is 12.1. The summed E-state index contributed by atoms with van der Waals surface area (Å²) >= 11 is 3.38. The Morgan fingerprint density at radius 1 is 1.32 bits per heavy atom. The van der Waals surface area contributed by atoms with Crippen LogP contribution in [0.5, 0.6) is 0 Å². The second kappa shape index (κ2) is 5.83. The van der Waals surface area contributed by atoms with E-state index in [1.54, 1.807) is 18.7 Å². The van der Waals surface area contributed by atoms with E-state index in [2.05, 4.69) is 21.0 Å². The van der Waals surface area contributed by atoms with Crippen molar-refractivity contribution in [1.29, 1.82) is 0 Å². The van der Waals surface area contributed by atoms with E-state index in [-0.39, 0.29) is 19.3 Å². The fraction of sp³-hybridized carbons (Fsp3) is 0.750. The zero-order chi connectivity index (χ0) is 14.8. The summed E-state index contributed by atoms with van der Waals surface area (Å²) in [5.74, 6) is 0. The minimum Gasteiger partial charge on any atom is -0.390 e. The van der Waals surface area contributed by atoms with Crippen LogP contribution in [0.15, 0.2) is 4.47 Å². The second-order valence-electron chi connectivity index (χ2n) is 5.11. The fourth-order valence-corrected chi connectivity index (χ4v) is 2.47. The van der Waals surface area contributed by atoms with Gasteiger partial charge in [-0.15, -0.1) is 0 Å². The first kappa shape index (κ1) is 16.5. The fourth-order valence-electron chi connectivity index (χ4n) is 1.99. The Hall–Kier alpha value is -0.560. The number of hydrogen-bond acceptors (Lipinski definition) is 2. The zero-order valence-electron chi connectivity index (χ0n) is 11.2. The first-order chi connectivity index (χ1) is 8.52. The van der Waals surface area contributed by atoms with E-state index in [1.165, 1.54) is 0 Å². The van der Waals surface area contributed by atoms with E-state index in [9.17, 15) is 18.3 Å². The SMILES string of the molecule is Cc1nn(C)c(CC(C)(O)CCCC(F)(F)F)c1Br. The van der Waals surface area contributed by atoms with Gasteiger partial charge < -0.3 is 5.11 Å². The van der Waals surface area contributed by atoms with Gasteiger partial charge in [-0.05, 0) is 42.6 Å². The molecule has 1 rings (SSSR count). The highest BCUT2D eigenvalue weighted by atomic mass is 79.9. The van der Waals surface area contributed by atoms with Crippen molar-refractivity contribution in [3.8, 4) is 0 Å². The Morgan fingerprint density at radius 3 is 2.32 bits per heavy atom. The molecule has 0 saturated carbocycles. The summed E-state index contributed by atoms with van der Waals surface area (Å²) in [4.78, 5) is 0. The lowest BCUT2D eigenvalue weighted by Gasteiger charge is -2.23. The number of rotatable bonds is 5. The smallest absolute Gasteiger partial charge is 0.389 e. The van der Waals surface area contributed by atoms with Crippen molar-refractivity contribution in [2.45, 2.75) is 51.3 Å². The molecule has 19 heavy (non-hydrogen) atoms. The van der Waals surface area contributed by atoms with E-state index >= 15 is 0 Å². The Kier molecular flexibility index (Phi) is 5.06. The van der Waals surface area contributed by atoms with E-state index < -0.39 is 18.2 Å². The summed E-state index contributed by atoms with van der Waals surface area (Å²) in [7, 11) is 1.75. The van der Waals surface area contributed by atoms with Crippen LogP contribution in [0.3, 0.4) is 0 Å². The summed E-state index contributed by atoms with van der Waals surface area (Å²) in [6.07, 6.45) is -4.74. The third-order valence-corrected chi connectivity index (χ3v) is 4.02. The highest BCUT2D eigenvalue weighted by Crippen LogP contribution is 2.29. The highest BCUT2D eigenvalue weighted by molar-refractivity contribution is 9.10. The molecular formula is C12H18BrF3N2O. The van der Waals surface area contributed by atoms with Crippen LogP contribution in [-0.4, -0.2) is 26.7 Å². The largest absolute Gasteiger partial charge is 0.390 e. The summed E-state index contributed by atoms with van der Waals surface area (Å²) < 4.78 is 38.7. The van der Waals surface area contributed by atoms with Crippen LogP contribution in [0.2, 0.25) is 0 Å². The molecule has 0 spiro atoms. The van der Waals surface area contributed by atoms with Gasteiger partial charge >= 0.3 is 6.18 Å². The van der Waals surface area contributed by atoms with Gasteiger partial charge in [0.15, 0.2) is 0 Å². The molecule has 1 heterocycles. The number of aryl methyl sites for hydroxylation is 2. The lowest BCUT2D eigenvalue weighted by atomic mass is 9.93. The van der Waals surface area contributed by atoms with Gasteiger partial charge in [-0.3, -0.25) is 4.68 Å². The van der Waals surface area contributed by atoms with Gasteiger partial charge in [0, 0.05) is 19.9 Å². The van der Waals surface area contributed by atoms with Gasteiger partial charge in [-0.25, -0.2) is 0 Å². The van der Waals surface area contributed by atoms with Crippen LogP contribution >= 0.6 is 15.9 Å². The molecule has 3 nitrogen and oxygen atoms in total. The third-order valence-electron chi connectivity index (χ3n) is 2.99. The predicted octanol–water partition coefficient (Wildman–Crippen LogP) is 3.52. The standard InChI is InChI=1S/C12H18BrF3N2O/c1-8-10(13)9(18(3)17-8)7-11(2,19)5-4-6-12(14,15)16/h19H,4-7H2,1-3H3. The molecule has 110 valence electrons. The Labute approximate surface area is 118 Å². The van der Waals surface area contributed by atoms with Crippen LogP contribution < -0.4 is 0 Å². The lowest BCUT2D eigenvalue weighted by Crippen LogP contribution is -2.29. The minimum atomic E-state index is -4.17. The van der Waals surface area contributed by atoms with Gasteiger partial charge in [-0.2, -0.15) is 18.3 Å². The number of alkyl halides is 3. The van der Waals surface area contributed by atoms with Crippen molar-refractivity contribution in [2.75, 3.05) is 0 Å². The minimum absolute atomic E-state index is 0.0784. The van der Waals surface area contributed by atoms with E-state index in [0.717, 1.165) is 15.9 Å². The van der Waals surface area contributed by atoms with Crippen molar-refractivity contribution in [3.05, 3.63) is 15.9 Å². The molecule has 0 aromatic carbocycles. The van der Waals surface area contributed by atoms with E-state index in [0.29, 0.717) is 0 Å². The first-order valence-corrected chi connectivity index (χ1v) is 6.78. The van der Waals surface area contributed by atoms with Crippen molar-refractivity contribution in [1.82, 2.24) is 9.78 Å². The van der Waals surface area contributed by atoms with Crippen LogP contribution in [0.1, 0.15) is 37.6 Å². The maximum atomic E-state index is 12.1. The van der Waals surface area contributed by atoms with E-state index in [1.807, 2.05) is 6.92 Å². The number of hydrogen-bond donors (Lipinski definition) is 1. The maximum Gasteiger partial charge on any atom is 0.389 e. The summed E-state index contributed by atoms with van der Waals surface area (Å²) in [6, 6.07) is 0. The number of halogens is 4. The topological polar surface area (TPSA) is 38.0 Å². The molecule has 0 aliphatic heterocycles. The van der Waals surface area contributed by atoms with Crippen molar-refractivity contribution in [3.63, 3.8) is 0 Å². The van der Waals surface area contributed by atoms with Gasteiger partial charge in [-0.1, -0.05) is 0 Å². The first-order valence-electron chi connectivity index (χ1n) is 5.99. The number of aliphatic hydroxyl groups is 1. The molecule has 1 aromatic heterocycles. The molecule has 1 N–H and O–H groups in total. The van der Waals surface area contributed by atoms with Gasteiger partial charge in [0.25, 0.3) is 0 Å². The molecular weight excluding hydrogens is 325 g/mol. The molecule has 1 aromatic rings. The molecule has 0 aliphatic rings. The van der Waals surface area contributed by atoms with Gasteiger partial charge in [0.2, 0.25) is 0 Å². The third kappa shape index (κ3) is 5.14. The molecule has 1 unspecified atom stereocenters. The quantitative estimate of drug-likeness (QED) is 0.888. The molecule has 0 fully saturated rings. The second-order valence-corrected chi connectivity index (χ2v) is 5.91. The van der Waals surface area contributed by atoms with Crippen molar-refractivity contribution < 1.29 is 18.3 Å². The van der Waals surface area contributed by atoms with Gasteiger partial charge in [0.05, 0.1) is 21.5 Å². The van der Waals surface area contributed by atoms with E-state index in [4.69, 9.17) is 0 Å². The average molecular weight is 343 g/mol. The molecule has 0 saturated heterocycles. The summed E-state index contributed by atoms with van der Waals surface area (Å²) in [6.45, 7) is 3.38. The van der Waals surface area contributed by atoms with Gasteiger partial charge in [0.1, 0.15) is 0 Å². The van der Waals surface area contributed by atoms with Crippen LogP contribution in [0.4, 0.5) is 13.2 Å². The predicted molar refractivity (Wildman–Crippen MR) is 69.9 cm³/mol. The molecule has 1 atom stereocenters. The summed E-state index contributed by atoms with van der Waals surface area (Å²) in [5.41, 5.74) is 0.409. The van der Waals surface area contributed by atoms with Crippen LogP contribution in [0.25, 0.3) is 0 Å². The van der Waals surface area contributed by atoms with Crippen LogP contribution in [0, 0.1) is 6.92 Å². The summed E-state index contributed by atoms with van der Waals surface area (Å²) in [5, 5.41) is 14.4. The van der Waals surface area contributed by atoms with Crippen molar-refractivity contribution in [2.24, 2.45) is 7.05 Å². The number of aromatic nitrogens is 2. The molecule has 7 heteroatoms. The van der Waals surface area contributed by atoms with Crippen molar-refractivity contribution >= 4 is 15.9 Å². The lowest BCUT2D eigenvalue weighted by molar-refractivity contribution is -0.137. The molecule has 0 aliphatic carbocycles. The number of nitrogens with zero attached hydrogens (tertiary/aromatic N) is 2. The Morgan fingerprint density at radius 2 is 1.89 bits per heavy atom. The molecule has 0 amide bonds. The molecule has 0 radical (unpaired) electrons. The molecule has 0 bridgehead atoms. The Bertz CT molecular complexity index is 441. The normalized spacial score (nSPS) is 15.6. The average Bonchev–Trinajstić information content (AvgIpc) is 2.42. The Balaban J connectivity index is 2.64. The highest BCUT2D eigenvalue weighted by Gasteiger charge is 2.30. The zero-order valence-corrected chi connectivity index (χ0v) is 12.8. The van der Waals surface area contributed by atoms with Crippen LogP contribution in [-0.2, 0) is 13.5 Å².